The molecule has 0 heterocycles. The molecule has 0 N–H and O–H groups in total. The summed E-state index contributed by atoms with van der Waals surface area (Å²) in [5, 5.41) is 0. The van der Waals surface area contributed by atoms with Gasteiger partial charge in [-0.05, 0) is 0 Å². The first-order valence-electron chi connectivity index (χ1n) is 7.02. The van der Waals surface area contributed by atoms with Crippen LogP contribution in [0, 0.1) is 17.3 Å². The molecule has 0 aromatic heterocycles. The monoisotopic (exact) mass is 314 g/mol. The Hall–Kier alpha value is -0.207. The molecule has 0 saturated heterocycles. The predicted molar refractivity (Wildman–Crippen MR) is 67.5 cm³/mol. The molecule has 3 rings (SSSR count). The van der Waals surface area contributed by atoms with E-state index >= 15 is 0 Å². The van der Waals surface area contributed by atoms with Crippen LogP contribution in [0.4, 0.5) is 0 Å². The van der Waals surface area contributed by atoms with Gasteiger partial charge in [-0.15, -0.1) is 0 Å². The van der Waals surface area contributed by atoms with Crippen molar-refractivity contribution in [1.82, 2.24) is 0 Å². The summed E-state index contributed by atoms with van der Waals surface area (Å²) in [5.74, 6) is 1.46. The van der Waals surface area contributed by atoms with Gasteiger partial charge in [-0.1, -0.05) is 0 Å². The summed E-state index contributed by atoms with van der Waals surface area (Å²) in [4.78, 5) is 0. The molecule has 2 fully saturated rings. The topological polar surface area (TPSA) is 0 Å². The Balaban J connectivity index is 2.04. The molecule has 3 aliphatic rings. The number of allylic oxidation sites excluding steroid dienone is 3. The van der Waals surface area contributed by atoms with Crippen molar-refractivity contribution in [2.24, 2.45) is 17.3 Å². The Labute approximate surface area is 114 Å². The van der Waals surface area contributed by atoms with Crippen LogP contribution in [-0.4, -0.2) is 4.26 Å². The van der Waals surface area contributed by atoms with E-state index in [4.69, 9.17) is 0 Å². The molecule has 0 aromatic carbocycles. The van der Waals surface area contributed by atoms with Crippen molar-refractivity contribution in [3.63, 3.8) is 0 Å². The fourth-order valence-corrected chi connectivity index (χ4v) is 4.54. The fraction of sp³-hybridized carbons (Fsp3) is 0.688. The average molecular weight is 313 g/mol. The molecule has 0 radical (unpaired) electrons. The Bertz CT molecular complexity index is 413. The minimum absolute atomic E-state index is 0.501. The normalized spacial score (nSPS) is 34.2. The zero-order chi connectivity index (χ0) is 11.7. The van der Waals surface area contributed by atoms with E-state index in [1.165, 1.54) is 51.4 Å². The van der Waals surface area contributed by atoms with Crippen LogP contribution in [0.25, 0.3) is 0 Å². The molecule has 1 heteroatoms. The van der Waals surface area contributed by atoms with Crippen LogP contribution >= 0.6 is 0 Å². The molecule has 0 aliphatic heterocycles. The van der Waals surface area contributed by atoms with Crippen molar-refractivity contribution < 1.29 is 17.9 Å². The molecule has 0 amide bonds. The first kappa shape index (κ1) is 11.9. The van der Waals surface area contributed by atoms with E-state index in [0.717, 1.165) is 5.92 Å². The average Bonchev–Trinajstić information content (AvgIpc) is 2.37. The van der Waals surface area contributed by atoms with Gasteiger partial charge in [0.25, 0.3) is 0 Å². The van der Waals surface area contributed by atoms with Gasteiger partial charge in [0.15, 0.2) is 0 Å². The predicted octanol–water partition coefficient (Wildman–Crippen LogP) is 3.95. The standard InChI is InChI=1S/C16H20.Ru/c1-2-14-13-7-6-8-15(14)16(12-9-13)10-4-3-5-11-16;/h9,12-13,15H,3-8,10-11H2;/q;+1/t13-,15-;/m1./s1. The number of hydrogen-bond donors (Lipinski definition) is 0. The summed E-state index contributed by atoms with van der Waals surface area (Å²) in [6.07, 6.45) is 16.3. The van der Waals surface area contributed by atoms with Gasteiger partial charge in [-0.2, -0.15) is 0 Å². The third kappa shape index (κ3) is 2.00. The van der Waals surface area contributed by atoms with E-state index in [0.29, 0.717) is 11.3 Å². The molecule has 0 aromatic rings. The molecule has 2 atom stereocenters. The third-order valence-electron chi connectivity index (χ3n) is 5.11. The zero-order valence-corrected chi connectivity index (χ0v) is 12.1. The van der Waals surface area contributed by atoms with Gasteiger partial charge in [0.1, 0.15) is 0 Å². The quantitative estimate of drug-likeness (QED) is 0.361. The van der Waals surface area contributed by atoms with E-state index in [-0.39, 0.29) is 0 Å². The SMILES string of the molecule is [Ru+]=[C]=C=C1[C@H]2CCC[C@@H]1C=CC21CCCCC1. The van der Waals surface area contributed by atoms with E-state index in [9.17, 15) is 0 Å². The van der Waals surface area contributed by atoms with Gasteiger partial charge in [-0.3, -0.25) is 0 Å². The molecule has 2 bridgehead atoms. The summed E-state index contributed by atoms with van der Waals surface area (Å²) in [6, 6.07) is 0. The van der Waals surface area contributed by atoms with E-state index in [1.807, 2.05) is 0 Å². The summed E-state index contributed by atoms with van der Waals surface area (Å²) >= 11 is 2.48. The van der Waals surface area contributed by atoms with E-state index in [1.54, 1.807) is 5.57 Å². The number of rotatable bonds is 0. The Morgan fingerprint density at radius 1 is 1.12 bits per heavy atom. The summed E-state index contributed by atoms with van der Waals surface area (Å²) < 4.78 is 3.10. The maximum absolute atomic E-state index is 3.44. The number of hydrogen-bond acceptors (Lipinski definition) is 0. The van der Waals surface area contributed by atoms with Gasteiger partial charge >= 0.3 is 114 Å². The van der Waals surface area contributed by atoms with E-state index in [2.05, 4.69) is 40.0 Å². The van der Waals surface area contributed by atoms with Crippen LogP contribution in [0.3, 0.4) is 0 Å². The van der Waals surface area contributed by atoms with Crippen molar-refractivity contribution >= 4 is 4.26 Å². The van der Waals surface area contributed by atoms with Crippen LogP contribution in [0.5, 0.6) is 0 Å². The first-order valence-corrected chi connectivity index (χ1v) is 7.89. The van der Waals surface area contributed by atoms with Gasteiger partial charge in [0, 0.05) is 0 Å². The molecular formula is C16H20Ru+. The second-order valence-corrected chi connectivity index (χ2v) is 6.35. The molecular weight excluding hydrogens is 293 g/mol. The van der Waals surface area contributed by atoms with Gasteiger partial charge in [-0.25, -0.2) is 0 Å². The van der Waals surface area contributed by atoms with Gasteiger partial charge in [0.05, 0.1) is 0 Å². The zero-order valence-electron chi connectivity index (χ0n) is 10.3. The maximum atomic E-state index is 3.44. The second-order valence-electron chi connectivity index (χ2n) is 5.91. The van der Waals surface area contributed by atoms with Gasteiger partial charge in [0.2, 0.25) is 0 Å². The van der Waals surface area contributed by atoms with Crippen LogP contribution in [0.2, 0.25) is 0 Å². The molecule has 2 saturated carbocycles. The minimum atomic E-state index is 0.501. The summed E-state index contributed by atoms with van der Waals surface area (Å²) in [6.45, 7) is 0. The Kier molecular flexibility index (Phi) is 3.36. The fourth-order valence-electron chi connectivity index (χ4n) is 4.29. The molecule has 17 heavy (non-hydrogen) atoms. The van der Waals surface area contributed by atoms with Crippen molar-refractivity contribution in [2.75, 3.05) is 0 Å². The molecule has 1 spiro atoms. The second kappa shape index (κ2) is 4.81. The van der Waals surface area contributed by atoms with Gasteiger partial charge < -0.3 is 0 Å². The molecule has 3 aliphatic carbocycles. The summed E-state index contributed by atoms with van der Waals surface area (Å²) in [5.41, 5.74) is 5.51. The molecule has 0 unspecified atom stereocenters. The first-order chi connectivity index (χ1) is 8.36. The van der Waals surface area contributed by atoms with Crippen LogP contribution in [-0.2, 0) is 17.9 Å². The Morgan fingerprint density at radius 3 is 2.71 bits per heavy atom. The van der Waals surface area contributed by atoms with Crippen LogP contribution < -0.4 is 0 Å². The third-order valence-corrected chi connectivity index (χ3v) is 5.33. The van der Waals surface area contributed by atoms with E-state index < -0.39 is 0 Å². The number of fused-ring (bicyclic) bond motifs is 3. The van der Waals surface area contributed by atoms with Crippen molar-refractivity contribution in [1.29, 1.82) is 0 Å². The van der Waals surface area contributed by atoms with Crippen LogP contribution in [0.15, 0.2) is 23.5 Å². The Morgan fingerprint density at radius 2 is 1.94 bits per heavy atom. The molecule has 91 valence electrons. The molecule has 0 nitrogen and oxygen atoms in total. The van der Waals surface area contributed by atoms with Crippen LogP contribution in [0.1, 0.15) is 51.4 Å². The van der Waals surface area contributed by atoms with Crippen molar-refractivity contribution in [3.05, 3.63) is 23.5 Å². The summed E-state index contributed by atoms with van der Waals surface area (Å²) in [7, 11) is 0. The van der Waals surface area contributed by atoms with Crippen molar-refractivity contribution in [3.8, 4) is 0 Å². The van der Waals surface area contributed by atoms with Crippen molar-refractivity contribution in [2.45, 2.75) is 51.4 Å².